The molecule has 0 fully saturated rings. The van der Waals surface area contributed by atoms with Crippen molar-refractivity contribution in [1.29, 1.82) is 0 Å². The van der Waals surface area contributed by atoms with Gasteiger partial charge in [0, 0.05) is 6.54 Å². The summed E-state index contributed by atoms with van der Waals surface area (Å²) in [5.41, 5.74) is 2.04. The van der Waals surface area contributed by atoms with Crippen LogP contribution >= 0.6 is 0 Å². The first-order chi connectivity index (χ1) is 8.36. The summed E-state index contributed by atoms with van der Waals surface area (Å²) in [6, 6.07) is 4.97. The number of rotatable bonds is 2. The van der Waals surface area contributed by atoms with E-state index in [1.165, 1.54) is 0 Å². The van der Waals surface area contributed by atoms with Gasteiger partial charge in [-0.2, -0.15) is 13.2 Å². The number of aryl methyl sites for hydroxylation is 1. The lowest BCUT2D eigenvalue weighted by atomic mass is 10.2. The second-order valence-corrected chi connectivity index (χ2v) is 3.85. The van der Waals surface area contributed by atoms with Crippen LogP contribution < -0.4 is 5.32 Å². The van der Waals surface area contributed by atoms with Gasteiger partial charge in [0.05, 0.1) is 11.0 Å². The summed E-state index contributed by atoms with van der Waals surface area (Å²) in [5.74, 6) is -1.22. The molecule has 0 aliphatic rings. The van der Waals surface area contributed by atoms with Crippen LogP contribution in [0, 0.1) is 6.92 Å². The molecular weight excluding hydrogens is 247 g/mol. The largest absolute Gasteiger partial charge is 0.471 e. The monoisotopic (exact) mass is 257 g/mol. The summed E-state index contributed by atoms with van der Waals surface area (Å²) in [4.78, 5) is 17.8. The molecule has 0 radical (unpaired) electrons. The third kappa shape index (κ3) is 2.61. The third-order valence-corrected chi connectivity index (χ3v) is 2.38. The smallest absolute Gasteiger partial charge is 0.344 e. The van der Waals surface area contributed by atoms with Gasteiger partial charge in [-0.05, 0) is 24.6 Å². The molecule has 0 spiro atoms. The Bertz CT molecular complexity index is 589. The summed E-state index contributed by atoms with van der Waals surface area (Å²) in [5, 5.41) is 1.81. The van der Waals surface area contributed by atoms with Crippen molar-refractivity contribution in [3.63, 3.8) is 0 Å². The van der Waals surface area contributed by atoms with E-state index in [9.17, 15) is 18.0 Å². The number of fused-ring (bicyclic) bond motifs is 1. The minimum absolute atomic E-state index is 0.174. The summed E-state index contributed by atoms with van der Waals surface area (Å²) in [6.07, 6.45) is -4.85. The highest BCUT2D eigenvalue weighted by atomic mass is 19.4. The molecule has 0 unspecified atom stereocenters. The van der Waals surface area contributed by atoms with Crippen molar-refractivity contribution >= 4 is 16.9 Å². The molecule has 1 heterocycles. The highest BCUT2D eigenvalue weighted by Gasteiger charge is 2.38. The lowest BCUT2D eigenvalue weighted by Crippen LogP contribution is -2.36. The van der Waals surface area contributed by atoms with Gasteiger partial charge < -0.3 is 10.3 Å². The van der Waals surface area contributed by atoms with E-state index in [2.05, 4.69) is 9.97 Å². The molecule has 1 aromatic carbocycles. The number of alkyl halides is 3. The van der Waals surface area contributed by atoms with Crippen LogP contribution in [0.2, 0.25) is 0 Å². The average molecular weight is 257 g/mol. The van der Waals surface area contributed by atoms with Crippen molar-refractivity contribution < 1.29 is 18.0 Å². The molecular formula is C11H10F3N3O. The van der Waals surface area contributed by atoms with Gasteiger partial charge in [-0.25, -0.2) is 4.98 Å². The van der Waals surface area contributed by atoms with E-state index in [0.717, 1.165) is 16.9 Å². The number of hydrogen-bond donors (Lipinski definition) is 2. The minimum Gasteiger partial charge on any atom is -0.344 e. The summed E-state index contributed by atoms with van der Waals surface area (Å²) >= 11 is 0. The first kappa shape index (κ1) is 12.4. The van der Waals surface area contributed by atoms with Crippen LogP contribution in [0.5, 0.6) is 0 Å². The molecule has 4 nitrogen and oxygen atoms in total. The Balaban J connectivity index is 2.10. The fourth-order valence-electron chi connectivity index (χ4n) is 1.58. The van der Waals surface area contributed by atoms with Crippen molar-refractivity contribution in [2.24, 2.45) is 0 Å². The molecule has 18 heavy (non-hydrogen) atoms. The number of nitrogens with zero attached hydrogens (tertiary/aromatic N) is 1. The Kier molecular flexibility index (Phi) is 2.98. The van der Waals surface area contributed by atoms with Crippen LogP contribution in [0.4, 0.5) is 13.2 Å². The van der Waals surface area contributed by atoms with Crippen LogP contribution in [-0.4, -0.2) is 22.1 Å². The van der Waals surface area contributed by atoms with Crippen LogP contribution in [0.1, 0.15) is 11.4 Å². The second-order valence-electron chi connectivity index (χ2n) is 3.85. The predicted molar refractivity (Wildman–Crippen MR) is 58.7 cm³/mol. The van der Waals surface area contributed by atoms with Gasteiger partial charge in [-0.1, -0.05) is 6.07 Å². The van der Waals surface area contributed by atoms with Gasteiger partial charge in [0.2, 0.25) is 0 Å². The van der Waals surface area contributed by atoms with E-state index in [1.807, 2.05) is 5.32 Å². The van der Waals surface area contributed by atoms with E-state index in [-0.39, 0.29) is 6.54 Å². The zero-order valence-corrected chi connectivity index (χ0v) is 9.43. The molecule has 0 saturated carbocycles. The maximum Gasteiger partial charge on any atom is 0.471 e. The SMILES string of the molecule is Cc1nc2ccc(CNC(=O)C(F)(F)F)cc2[nH]1. The zero-order valence-electron chi connectivity index (χ0n) is 9.43. The number of nitrogens with one attached hydrogen (secondary N) is 2. The molecule has 2 rings (SSSR count). The number of hydrogen-bond acceptors (Lipinski definition) is 2. The first-order valence-corrected chi connectivity index (χ1v) is 5.16. The number of aromatic amines is 1. The molecule has 0 aliphatic heterocycles. The maximum absolute atomic E-state index is 12.0. The maximum atomic E-state index is 12.0. The number of imidazole rings is 1. The number of carbonyl (C=O) groups excluding carboxylic acids is 1. The van der Waals surface area contributed by atoms with E-state index < -0.39 is 12.1 Å². The second kappa shape index (κ2) is 4.32. The van der Waals surface area contributed by atoms with Gasteiger partial charge in [0.1, 0.15) is 5.82 Å². The quantitative estimate of drug-likeness (QED) is 0.865. The molecule has 2 N–H and O–H groups in total. The van der Waals surface area contributed by atoms with Crippen LogP contribution in [-0.2, 0) is 11.3 Å². The molecule has 1 aromatic heterocycles. The topological polar surface area (TPSA) is 57.8 Å². The number of halogens is 3. The standard InChI is InChI=1S/C11H10F3N3O/c1-6-16-8-3-2-7(4-9(8)17-6)5-15-10(18)11(12,13)14/h2-4H,5H2,1H3,(H,15,18)(H,16,17). The van der Waals surface area contributed by atoms with Crippen LogP contribution in [0.15, 0.2) is 18.2 Å². The fraction of sp³-hybridized carbons (Fsp3) is 0.273. The Hall–Kier alpha value is -2.05. The van der Waals surface area contributed by atoms with Gasteiger partial charge in [0.15, 0.2) is 0 Å². The van der Waals surface area contributed by atoms with Crippen molar-refractivity contribution in [3.05, 3.63) is 29.6 Å². The lowest BCUT2D eigenvalue weighted by Gasteiger charge is -2.07. The highest BCUT2D eigenvalue weighted by Crippen LogP contribution is 2.16. The Labute approximate surface area is 100 Å². The van der Waals surface area contributed by atoms with Crippen molar-refractivity contribution in [2.75, 3.05) is 0 Å². The number of benzene rings is 1. The van der Waals surface area contributed by atoms with Gasteiger partial charge in [0.25, 0.3) is 0 Å². The normalized spacial score (nSPS) is 11.8. The number of amides is 1. The summed E-state index contributed by atoms with van der Waals surface area (Å²) in [6.45, 7) is 1.61. The molecule has 7 heteroatoms. The zero-order chi connectivity index (χ0) is 13.3. The van der Waals surface area contributed by atoms with Gasteiger partial charge in [-0.15, -0.1) is 0 Å². The molecule has 0 aliphatic carbocycles. The molecule has 96 valence electrons. The van der Waals surface area contributed by atoms with E-state index in [4.69, 9.17) is 0 Å². The van der Waals surface area contributed by atoms with Gasteiger partial charge in [-0.3, -0.25) is 4.79 Å². The molecule has 0 bridgehead atoms. The van der Waals surface area contributed by atoms with Gasteiger partial charge >= 0.3 is 12.1 Å². The Morgan fingerprint density at radius 3 is 2.83 bits per heavy atom. The Morgan fingerprint density at radius 2 is 2.17 bits per heavy atom. The Morgan fingerprint density at radius 1 is 1.44 bits per heavy atom. The first-order valence-electron chi connectivity index (χ1n) is 5.16. The summed E-state index contributed by atoms with van der Waals surface area (Å²) < 4.78 is 35.9. The minimum atomic E-state index is -4.85. The van der Waals surface area contributed by atoms with E-state index in [1.54, 1.807) is 25.1 Å². The summed E-state index contributed by atoms with van der Waals surface area (Å²) in [7, 11) is 0. The highest BCUT2D eigenvalue weighted by molar-refractivity contribution is 5.82. The van der Waals surface area contributed by atoms with Crippen molar-refractivity contribution in [1.82, 2.24) is 15.3 Å². The predicted octanol–water partition coefficient (Wildman–Crippen LogP) is 2.05. The third-order valence-electron chi connectivity index (χ3n) is 2.38. The van der Waals surface area contributed by atoms with Crippen LogP contribution in [0.3, 0.4) is 0 Å². The average Bonchev–Trinajstić information content (AvgIpc) is 2.63. The van der Waals surface area contributed by atoms with Crippen molar-refractivity contribution in [2.45, 2.75) is 19.6 Å². The molecule has 2 aromatic rings. The van der Waals surface area contributed by atoms with E-state index in [0.29, 0.717) is 5.56 Å². The number of H-pyrrole nitrogens is 1. The lowest BCUT2D eigenvalue weighted by molar-refractivity contribution is -0.173. The number of aromatic nitrogens is 2. The fourth-order valence-corrected chi connectivity index (χ4v) is 1.58. The van der Waals surface area contributed by atoms with Crippen LogP contribution in [0.25, 0.3) is 11.0 Å². The number of carbonyl (C=O) groups is 1. The molecule has 1 amide bonds. The van der Waals surface area contributed by atoms with E-state index >= 15 is 0 Å². The molecule has 0 saturated heterocycles. The molecule has 0 atom stereocenters. The van der Waals surface area contributed by atoms with Crippen molar-refractivity contribution in [3.8, 4) is 0 Å².